The lowest BCUT2D eigenvalue weighted by Gasteiger charge is -2.18. The molecule has 0 aliphatic heterocycles. The molecule has 1 unspecified atom stereocenters. The van der Waals surface area contributed by atoms with Gasteiger partial charge in [0.15, 0.2) is 6.10 Å². The number of hydrogen-bond donors (Lipinski definition) is 0. The summed E-state index contributed by atoms with van der Waals surface area (Å²) in [6.45, 7) is 6.48. The average molecular weight is 879 g/mol. The van der Waals surface area contributed by atoms with Gasteiger partial charge in [0.2, 0.25) is 0 Å². The first kappa shape index (κ1) is 59.9. The molecule has 0 aromatic rings. The number of carbonyl (C=O) groups excluding carboxylic acids is 3. The van der Waals surface area contributed by atoms with E-state index >= 15 is 0 Å². The molecule has 0 radical (unpaired) electrons. The molecule has 0 fully saturated rings. The van der Waals surface area contributed by atoms with Crippen molar-refractivity contribution in [3.05, 3.63) is 72.9 Å². The summed E-state index contributed by atoms with van der Waals surface area (Å²) in [6, 6.07) is 0. The van der Waals surface area contributed by atoms with Crippen LogP contribution in [0.4, 0.5) is 0 Å². The van der Waals surface area contributed by atoms with Crippen LogP contribution in [0.3, 0.4) is 0 Å². The summed E-state index contributed by atoms with van der Waals surface area (Å²) in [5, 5.41) is 0. The maximum atomic E-state index is 12.8. The minimum atomic E-state index is -0.840. The molecule has 0 N–H and O–H groups in total. The van der Waals surface area contributed by atoms with E-state index in [9.17, 15) is 14.4 Å². The average Bonchev–Trinajstić information content (AvgIpc) is 3.28. The molecule has 0 saturated heterocycles. The van der Waals surface area contributed by atoms with Gasteiger partial charge in [0.25, 0.3) is 0 Å². The van der Waals surface area contributed by atoms with Crippen LogP contribution in [0.2, 0.25) is 0 Å². The number of esters is 3. The quantitative estimate of drug-likeness (QED) is 0.0199. The molecular formula is C57H98O6. The molecule has 0 aliphatic carbocycles. The molecular weight excluding hydrogens is 781 g/mol. The van der Waals surface area contributed by atoms with Crippen molar-refractivity contribution < 1.29 is 28.6 Å². The summed E-state index contributed by atoms with van der Waals surface area (Å²) in [5.74, 6) is -1.21. The molecule has 63 heavy (non-hydrogen) atoms. The van der Waals surface area contributed by atoms with Crippen molar-refractivity contribution in [1.82, 2.24) is 0 Å². The van der Waals surface area contributed by atoms with E-state index in [4.69, 9.17) is 14.2 Å². The Labute approximate surface area is 389 Å². The zero-order valence-corrected chi connectivity index (χ0v) is 41.3. The summed E-state index contributed by atoms with van der Waals surface area (Å²) in [4.78, 5) is 37.8. The SMILES string of the molecule is CCCCCCCCCC=CC=CC=CC=CC=CC=CC(=O)OCC(COC(=O)CCCCCCCCCCCCCCC)OC(=O)CCCCCCCCCCCCCCC. The third kappa shape index (κ3) is 49.7. The van der Waals surface area contributed by atoms with Crippen LogP contribution >= 0.6 is 0 Å². The van der Waals surface area contributed by atoms with Crippen molar-refractivity contribution in [1.29, 1.82) is 0 Å². The van der Waals surface area contributed by atoms with Gasteiger partial charge in [-0.2, -0.15) is 0 Å². The highest BCUT2D eigenvalue weighted by Crippen LogP contribution is 2.15. The first-order valence-electron chi connectivity index (χ1n) is 26.5. The molecule has 0 amide bonds. The Bertz CT molecular complexity index is 1190. The van der Waals surface area contributed by atoms with Crippen LogP contribution in [0.15, 0.2) is 72.9 Å². The summed E-state index contributed by atoms with van der Waals surface area (Å²) >= 11 is 0. The van der Waals surface area contributed by atoms with Crippen LogP contribution in [0.5, 0.6) is 0 Å². The summed E-state index contributed by atoms with van der Waals surface area (Å²) in [6.07, 6.45) is 65.1. The Morgan fingerprint density at radius 3 is 1.08 bits per heavy atom. The van der Waals surface area contributed by atoms with Gasteiger partial charge in [-0.15, -0.1) is 0 Å². The molecule has 6 heteroatoms. The lowest BCUT2D eigenvalue weighted by molar-refractivity contribution is -0.165. The van der Waals surface area contributed by atoms with Gasteiger partial charge < -0.3 is 14.2 Å². The molecule has 0 spiro atoms. The fourth-order valence-electron chi connectivity index (χ4n) is 7.46. The predicted molar refractivity (Wildman–Crippen MR) is 270 cm³/mol. The summed E-state index contributed by atoms with van der Waals surface area (Å²) < 4.78 is 16.6. The second kappa shape index (κ2) is 51.5. The van der Waals surface area contributed by atoms with Crippen LogP contribution in [0.1, 0.15) is 252 Å². The molecule has 0 heterocycles. The number of carbonyl (C=O) groups is 3. The largest absolute Gasteiger partial charge is 0.462 e. The Hall–Kier alpha value is -3.15. The lowest BCUT2D eigenvalue weighted by atomic mass is 10.0. The highest BCUT2D eigenvalue weighted by atomic mass is 16.6. The molecule has 0 saturated carbocycles. The normalized spacial score (nSPS) is 12.6. The molecule has 0 aliphatic rings. The van der Waals surface area contributed by atoms with E-state index in [2.05, 4.69) is 32.9 Å². The van der Waals surface area contributed by atoms with Crippen LogP contribution in [-0.2, 0) is 28.6 Å². The molecule has 362 valence electrons. The number of rotatable bonds is 47. The number of unbranched alkanes of at least 4 members (excludes halogenated alkanes) is 31. The standard InChI is InChI=1S/C57H98O6/c1-4-7-10-13-16-19-22-25-26-27-28-29-30-33-35-38-41-44-47-50-56(59)62-53-54(63-57(60)51-48-45-42-39-36-32-24-21-18-15-12-9-6-3)52-61-55(58)49-46-43-40-37-34-31-23-20-17-14-11-8-5-2/h26-30,33,35,38,41,44,47,50,54H,4-25,31-32,34,36-37,39-40,42-43,45-46,48-49,51-53H2,1-3H3. The summed E-state index contributed by atoms with van der Waals surface area (Å²) in [7, 11) is 0. The molecule has 0 rings (SSSR count). The molecule has 1 atom stereocenters. The maximum Gasteiger partial charge on any atom is 0.330 e. The topological polar surface area (TPSA) is 78.9 Å². The predicted octanol–water partition coefficient (Wildman–Crippen LogP) is 17.4. The van der Waals surface area contributed by atoms with E-state index in [1.54, 1.807) is 12.2 Å². The molecule has 0 aromatic carbocycles. The minimum absolute atomic E-state index is 0.123. The monoisotopic (exact) mass is 879 g/mol. The Morgan fingerprint density at radius 1 is 0.349 bits per heavy atom. The highest BCUT2D eigenvalue weighted by molar-refractivity contribution is 5.82. The minimum Gasteiger partial charge on any atom is -0.462 e. The second-order valence-electron chi connectivity index (χ2n) is 17.6. The van der Waals surface area contributed by atoms with Gasteiger partial charge in [-0.1, -0.05) is 280 Å². The number of ether oxygens (including phenoxy) is 3. The van der Waals surface area contributed by atoms with Crippen molar-refractivity contribution in [3.8, 4) is 0 Å². The van der Waals surface area contributed by atoms with Crippen LogP contribution in [0.25, 0.3) is 0 Å². The van der Waals surface area contributed by atoms with E-state index in [1.165, 1.54) is 179 Å². The second-order valence-corrected chi connectivity index (χ2v) is 17.6. The van der Waals surface area contributed by atoms with Crippen molar-refractivity contribution in [2.75, 3.05) is 13.2 Å². The fraction of sp³-hybridized carbons (Fsp3) is 0.737. The third-order valence-electron chi connectivity index (χ3n) is 11.5. The molecule has 0 bridgehead atoms. The van der Waals surface area contributed by atoms with Gasteiger partial charge in [-0.05, 0) is 25.7 Å². The first-order valence-corrected chi connectivity index (χ1v) is 26.5. The molecule has 0 aromatic heterocycles. The van der Waals surface area contributed by atoms with E-state index in [-0.39, 0.29) is 25.2 Å². The van der Waals surface area contributed by atoms with Gasteiger partial charge in [-0.3, -0.25) is 9.59 Å². The Kier molecular flexibility index (Phi) is 48.9. The number of allylic oxidation sites excluding steroid dienone is 11. The smallest absolute Gasteiger partial charge is 0.330 e. The van der Waals surface area contributed by atoms with Crippen molar-refractivity contribution >= 4 is 17.9 Å². The van der Waals surface area contributed by atoms with Crippen molar-refractivity contribution in [2.24, 2.45) is 0 Å². The third-order valence-corrected chi connectivity index (χ3v) is 11.5. The highest BCUT2D eigenvalue weighted by Gasteiger charge is 2.19. The van der Waals surface area contributed by atoms with Crippen LogP contribution in [-0.4, -0.2) is 37.2 Å². The van der Waals surface area contributed by atoms with Gasteiger partial charge in [-0.25, -0.2) is 4.79 Å². The lowest BCUT2D eigenvalue weighted by Crippen LogP contribution is -2.30. The number of hydrogen-bond acceptors (Lipinski definition) is 6. The van der Waals surface area contributed by atoms with Gasteiger partial charge in [0.05, 0.1) is 0 Å². The maximum absolute atomic E-state index is 12.8. The van der Waals surface area contributed by atoms with Crippen LogP contribution in [0, 0.1) is 0 Å². The van der Waals surface area contributed by atoms with Gasteiger partial charge >= 0.3 is 17.9 Å². The van der Waals surface area contributed by atoms with E-state index in [0.29, 0.717) is 12.8 Å². The van der Waals surface area contributed by atoms with E-state index in [0.717, 1.165) is 44.9 Å². The van der Waals surface area contributed by atoms with Crippen molar-refractivity contribution in [3.63, 3.8) is 0 Å². The Balaban J connectivity index is 4.57. The van der Waals surface area contributed by atoms with Crippen LogP contribution < -0.4 is 0 Å². The van der Waals surface area contributed by atoms with E-state index in [1.807, 2.05) is 42.5 Å². The molecule has 6 nitrogen and oxygen atoms in total. The fourth-order valence-corrected chi connectivity index (χ4v) is 7.46. The zero-order valence-electron chi connectivity index (χ0n) is 41.3. The summed E-state index contributed by atoms with van der Waals surface area (Å²) in [5.41, 5.74) is 0. The van der Waals surface area contributed by atoms with Crippen molar-refractivity contribution in [2.45, 2.75) is 258 Å². The van der Waals surface area contributed by atoms with Gasteiger partial charge in [0, 0.05) is 18.9 Å². The van der Waals surface area contributed by atoms with E-state index < -0.39 is 12.1 Å². The Morgan fingerprint density at radius 2 is 0.667 bits per heavy atom. The first-order chi connectivity index (χ1) is 31.0. The van der Waals surface area contributed by atoms with Gasteiger partial charge in [0.1, 0.15) is 13.2 Å². The zero-order chi connectivity index (χ0) is 45.8.